The molecule has 0 saturated heterocycles. The minimum absolute atomic E-state index is 0.226. The molecule has 0 saturated carbocycles. The molecule has 0 amide bonds. The summed E-state index contributed by atoms with van der Waals surface area (Å²) in [7, 11) is 0. The topological polar surface area (TPSA) is 32.9 Å². The van der Waals surface area contributed by atoms with Crippen LogP contribution in [0.5, 0.6) is 0 Å². The minimum atomic E-state index is 0.226. The minimum Gasteiger partial charge on any atom is -0.358 e. The van der Waals surface area contributed by atoms with E-state index in [1.54, 1.807) is 6.92 Å². The van der Waals surface area contributed by atoms with Crippen LogP contribution in [-0.2, 0) is 11.2 Å². The number of benzene rings is 1. The summed E-state index contributed by atoms with van der Waals surface area (Å²) in [6, 6.07) is 3.95. The number of Topliss-reactive ketones (excluding diaryl/α,β-unsaturated/α-hetero) is 1. The molecule has 2 aromatic rings. The average molecular weight is 250 g/mol. The predicted octanol–water partition coefficient (Wildman–Crippen LogP) is 3.96. The van der Waals surface area contributed by atoms with Crippen LogP contribution in [0.4, 0.5) is 0 Å². The molecule has 90 valence electrons. The van der Waals surface area contributed by atoms with E-state index in [4.69, 9.17) is 11.6 Å². The first-order valence-electron chi connectivity index (χ1n) is 5.76. The largest absolute Gasteiger partial charge is 0.358 e. The van der Waals surface area contributed by atoms with Crippen molar-refractivity contribution in [1.82, 2.24) is 4.98 Å². The van der Waals surface area contributed by atoms with Gasteiger partial charge in [-0.25, -0.2) is 0 Å². The van der Waals surface area contributed by atoms with Crippen molar-refractivity contribution in [2.24, 2.45) is 0 Å². The molecule has 1 N–H and O–H groups in total. The maximum atomic E-state index is 11.1. The number of rotatable bonds is 3. The quantitative estimate of drug-likeness (QED) is 0.878. The maximum absolute atomic E-state index is 11.1. The Morgan fingerprint density at radius 3 is 2.71 bits per heavy atom. The smallest absolute Gasteiger partial charge is 0.130 e. The molecule has 1 aromatic carbocycles. The van der Waals surface area contributed by atoms with Gasteiger partial charge in [0, 0.05) is 22.5 Å². The first kappa shape index (κ1) is 12.2. The second kappa shape index (κ2) is 4.53. The van der Waals surface area contributed by atoms with Crippen molar-refractivity contribution in [3.05, 3.63) is 34.0 Å². The Morgan fingerprint density at radius 1 is 1.35 bits per heavy atom. The van der Waals surface area contributed by atoms with Gasteiger partial charge < -0.3 is 9.78 Å². The third-order valence-corrected chi connectivity index (χ3v) is 3.63. The number of aromatic nitrogens is 1. The number of aryl methyl sites for hydroxylation is 3. The number of H-pyrrole nitrogens is 1. The highest BCUT2D eigenvalue weighted by molar-refractivity contribution is 6.32. The molecule has 0 unspecified atom stereocenters. The van der Waals surface area contributed by atoms with Gasteiger partial charge in [-0.2, -0.15) is 0 Å². The van der Waals surface area contributed by atoms with Crippen molar-refractivity contribution in [3.8, 4) is 0 Å². The number of carbonyl (C=O) groups is 1. The molecular weight excluding hydrogens is 234 g/mol. The molecule has 0 bridgehead atoms. The van der Waals surface area contributed by atoms with E-state index in [1.807, 2.05) is 26.0 Å². The third-order valence-electron chi connectivity index (χ3n) is 3.22. The summed E-state index contributed by atoms with van der Waals surface area (Å²) in [6.45, 7) is 5.68. The summed E-state index contributed by atoms with van der Waals surface area (Å²) in [4.78, 5) is 14.4. The van der Waals surface area contributed by atoms with E-state index in [1.165, 1.54) is 10.9 Å². The van der Waals surface area contributed by atoms with E-state index in [2.05, 4.69) is 4.98 Å². The van der Waals surface area contributed by atoms with E-state index >= 15 is 0 Å². The van der Waals surface area contributed by atoms with Crippen LogP contribution < -0.4 is 0 Å². The lowest BCUT2D eigenvalue weighted by Crippen LogP contribution is -1.94. The third kappa shape index (κ3) is 2.22. The lowest BCUT2D eigenvalue weighted by Gasteiger charge is -2.01. The fourth-order valence-electron chi connectivity index (χ4n) is 2.19. The maximum Gasteiger partial charge on any atom is 0.130 e. The second-order valence-corrected chi connectivity index (χ2v) is 4.93. The molecule has 1 aromatic heterocycles. The van der Waals surface area contributed by atoms with Crippen LogP contribution in [0.25, 0.3) is 10.9 Å². The van der Waals surface area contributed by atoms with Crippen LogP contribution >= 0.6 is 11.6 Å². The fourth-order valence-corrected chi connectivity index (χ4v) is 2.34. The van der Waals surface area contributed by atoms with E-state index < -0.39 is 0 Å². The van der Waals surface area contributed by atoms with Gasteiger partial charge in [0.2, 0.25) is 0 Å². The van der Waals surface area contributed by atoms with Crippen molar-refractivity contribution >= 4 is 28.3 Å². The van der Waals surface area contributed by atoms with Gasteiger partial charge in [0.25, 0.3) is 0 Å². The van der Waals surface area contributed by atoms with Crippen LogP contribution in [0.3, 0.4) is 0 Å². The standard InChI is InChI=1S/C14H16ClNO/c1-8(17)4-5-11-10(3)16-14-9(2)13(15)7-6-12(11)14/h6-7,16H,4-5H2,1-3H3. The molecule has 0 aliphatic rings. The molecule has 0 radical (unpaired) electrons. The number of halogens is 1. The van der Waals surface area contributed by atoms with Gasteiger partial charge in [-0.1, -0.05) is 17.7 Å². The Bertz CT molecular complexity index is 583. The van der Waals surface area contributed by atoms with E-state index in [-0.39, 0.29) is 5.78 Å². The number of ketones is 1. The molecule has 0 atom stereocenters. The Hall–Kier alpha value is -1.28. The van der Waals surface area contributed by atoms with Gasteiger partial charge in [-0.15, -0.1) is 0 Å². The molecule has 0 spiro atoms. The van der Waals surface area contributed by atoms with Crippen molar-refractivity contribution < 1.29 is 4.79 Å². The molecular formula is C14H16ClNO. The molecule has 2 rings (SSSR count). The highest BCUT2D eigenvalue weighted by Crippen LogP contribution is 2.29. The number of carbonyl (C=O) groups excluding carboxylic acids is 1. The van der Waals surface area contributed by atoms with Crippen LogP contribution in [0.1, 0.15) is 30.2 Å². The zero-order valence-electron chi connectivity index (χ0n) is 10.4. The van der Waals surface area contributed by atoms with Crippen LogP contribution in [0.2, 0.25) is 5.02 Å². The normalized spacial score (nSPS) is 11.1. The van der Waals surface area contributed by atoms with Crippen molar-refractivity contribution in [2.45, 2.75) is 33.6 Å². The molecule has 0 aliphatic carbocycles. The lowest BCUT2D eigenvalue weighted by molar-refractivity contribution is -0.116. The van der Waals surface area contributed by atoms with Gasteiger partial charge >= 0.3 is 0 Å². The summed E-state index contributed by atoms with van der Waals surface area (Å²) in [6.07, 6.45) is 1.39. The molecule has 2 nitrogen and oxygen atoms in total. The first-order chi connectivity index (χ1) is 8.00. The zero-order chi connectivity index (χ0) is 12.6. The predicted molar refractivity (Wildman–Crippen MR) is 71.8 cm³/mol. The van der Waals surface area contributed by atoms with Gasteiger partial charge in [0.15, 0.2) is 0 Å². The zero-order valence-corrected chi connectivity index (χ0v) is 11.1. The SMILES string of the molecule is CC(=O)CCc1c(C)[nH]c2c(C)c(Cl)ccc12. The first-order valence-corrected chi connectivity index (χ1v) is 6.14. The lowest BCUT2D eigenvalue weighted by atomic mass is 10.0. The Balaban J connectivity index is 2.52. The number of aromatic amines is 1. The van der Waals surface area contributed by atoms with Crippen molar-refractivity contribution in [2.75, 3.05) is 0 Å². The van der Waals surface area contributed by atoms with Gasteiger partial charge in [0.1, 0.15) is 5.78 Å². The Morgan fingerprint density at radius 2 is 2.06 bits per heavy atom. The number of hydrogen-bond donors (Lipinski definition) is 1. The highest BCUT2D eigenvalue weighted by atomic mass is 35.5. The molecule has 17 heavy (non-hydrogen) atoms. The summed E-state index contributed by atoms with van der Waals surface area (Å²) < 4.78 is 0. The van der Waals surface area contributed by atoms with Gasteiger partial charge in [0.05, 0.1) is 5.52 Å². The molecule has 0 aliphatic heterocycles. The number of fused-ring (bicyclic) bond motifs is 1. The highest BCUT2D eigenvalue weighted by Gasteiger charge is 2.11. The van der Waals surface area contributed by atoms with Crippen molar-refractivity contribution in [3.63, 3.8) is 0 Å². The summed E-state index contributed by atoms with van der Waals surface area (Å²) in [5, 5.41) is 1.96. The van der Waals surface area contributed by atoms with E-state index in [0.717, 1.165) is 28.2 Å². The van der Waals surface area contributed by atoms with Crippen LogP contribution in [0, 0.1) is 13.8 Å². The second-order valence-electron chi connectivity index (χ2n) is 4.53. The molecule has 1 heterocycles. The Kier molecular flexibility index (Phi) is 3.25. The van der Waals surface area contributed by atoms with Crippen LogP contribution in [0.15, 0.2) is 12.1 Å². The Labute approximate surface area is 106 Å². The monoisotopic (exact) mass is 249 g/mol. The van der Waals surface area contributed by atoms with E-state index in [0.29, 0.717) is 6.42 Å². The van der Waals surface area contributed by atoms with Crippen LogP contribution in [-0.4, -0.2) is 10.8 Å². The molecule has 3 heteroatoms. The van der Waals surface area contributed by atoms with Gasteiger partial charge in [-0.05, 0) is 44.4 Å². The summed E-state index contributed by atoms with van der Waals surface area (Å²) in [5.41, 5.74) is 4.52. The molecule has 0 fully saturated rings. The number of nitrogens with one attached hydrogen (secondary N) is 1. The van der Waals surface area contributed by atoms with E-state index in [9.17, 15) is 4.79 Å². The fraction of sp³-hybridized carbons (Fsp3) is 0.357. The summed E-state index contributed by atoms with van der Waals surface area (Å²) in [5.74, 6) is 0.226. The van der Waals surface area contributed by atoms with Crippen molar-refractivity contribution in [1.29, 1.82) is 0 Å². The van der Waals surface area contributed by atoms with Gasteiger partial charge in [-0.3, -0.25) is 0 Å². The summed E-state index contributed by atoms with van der Waals surface area (Å²) >= 11 is 6.10. The number of hydrogen-bond acceptors (Lipinski definition) is 1. The average Bonchev–Trinajstić information content (AvgIpc) is 2.58.